The molecule has 0 amide bonds. The van der Waals surface area contributed by atoms with Crippen molar-refractivity contribution in [2.75, 3.05) is 6.61 Å². The molecular formula is C9H14O3. The van der Waals surface area contributed by atoms with Gasteiger partial charge in [-0.15, -0.1) is 0 Å². The van der Waals surface area contributed by atoms with Crippen LogP contribution in [0.25, 0.3) is 0 Å². The van der Waals surface area contributed by atoms with Gasteiger partial charge < -0.3 is 4.74 Å². The van der Waals surface area contributed by atoms with Crippen LogP contribution in [0, 0.1) is 0 Å². The minimum Gasteiger partial charge on any atom is -0.466 e. The van der Waals surface area contributed by atoms with Gasteiger partial charge in [0, 0.05) is 6.42 Å². The Morgan fingerprint density at radius 1 is 1.33 bits per heavy atom. The van der Waals surface area contributed by atoms with Gasteiger partial charge in [-0.3, -0.25) is 9.59 Å². The highest BCUT2D eigenvalue weighted by atomic mass is 16.5. The molecule has 0 N–H and O–H groups in total. The highest BCUT2D eigenvalue weighted by Gasteiger charge is 2.05. The van der Waals surface area contributed by atoms with E-state index in [1.807, 2.05) is 0 Å². The van der Waals surface area contributed by atoms with Gasteiger partial charge >= 0.3 is 5.97 Å². The first-order chi connectivity index (χ1) is 5.57. The lowest BCUT2D eigenvalue weighted by Gasteiger charge is -2.01. The van der Waals surface area contributed by atoms with E-state index < -0.39 is 0 Å². The van der Waals surface area contributed by atoms with Crippen molar-refractivity contribution < 1.29 is 14.3 Å². The molecule has 3 heteroatoms. The highest BCUT2D eigenvalue weighted by Crippen LogP contribution is 2.04. The Hall–Kier alpha value is -1.12. The molecule has 0 bridgehead atoms. The average Bonchev–Trinajstić information content (AvgIpc) is 2.00. The molecule has 3 nitrogen and oxygen atoms in total. The van der Waals surface area contributed by atoms with E-state index in [2.05, 4.69) is 11.3 Å². The van der Waals surface area contributed by atoms with Crippen LogP contribution in [0.3, 0.4) is 0 Å². The minimum absolute atomic E-state index is 0.0701. The van der Waals surface area contributed by atoms with Crippen LogP contribution in [0.4, 0.5) is 0 Å². The number of carbonyl (C=O) groups is 2. The molecule has 0 spiro atoms. The lowest BCUT2D eigenvalue weighted by Crippen LogP contribution is -2.05. The molecular weight excluding hydrogens is 156 g/mol. The van der Waals surface area contributed by atoms with Gasteiger partial charge in [0.1, 0.15) is 0 Å². The van der Waals surface area contributed by atoms with Crippen LogP contribution in [0.5, 0.6) is 0 Å². The highest BCUT2D eigenvalue weighted by molar-refractivity contribution is 5.93. The number of allylic oxidation sites excluding steroid dienone is 1. The molecule has 0 aromatic heterocycles. The van der Waals surface area contributed by atoms with Gasteiger partial charge in [-0.2, -0.15) is 0 Å². The third kappa shape index (κ3) is 4.66. The number of ketones is 1. The molecule has 0 atom stereocenters. The zero-order valence-electron chi connectivity index (χ0n) is 7.55. The molecule has 0 unspecified atom stereocenters. The maximum Gasteiger partial charge on any atom is 0.306 e. The van der Waals surface area contributed by atoms with Crippen LogP contribution in [0.15, 0.2) is 12.2 Å². The molecule has 0 aromatic rings. The van der Waals surface area contributed by atoms with Crippen molar-refractivity contribution in [2.45, 2.75) is 26.7 Å². The Kier molecular flexibility index (Phi) is 5.00. The first-order valence-corrected chi connectivity index (χ1v) is 3.92. The summed E-state index contributed by atoms with van der Waals surface area (Å²) in [5, 5.41) is 0. The minimum atomic E-state index is -0.278. The van der Waals surface area contributed by atoms with Crippen molar-refractivity contribution in [3.05, 3.63) is 12.2 Å². The number of carbonyl (C=O) groups excluding carboxylic acids is 2. The van der Waals surface area contributed by atoms with Crippen LogP contribution in [0.2, 0.25) is 0 Å². The first kappa shape index (κ1) is 10.9. The van der Waals surface area contributed by atoms with E-state index in [9.17, 15) is 9.59 Å². The molecule has 0 saturated heterocycles. The van der Waals surface area contributed by atoms with Crippen LogP contribution in [0.1, 0.15) is 26.7 Å². The van der Waals surface area contributed by atoms with E-state index in [-0.39, 0.29) is 18.2 Å². The molecule has 0 aliphatic heterocycles. The Morgan fingerprint density at radius 3 is 2.33 bits per heavy atom. The lowest BCUT2D eigenvalue weighted by atomic mass is 10.1. The van der Waals surface area contributed by atoms with E-state index in [1.54, 1.807) is 6.92 Å². The van der Waals surface area contributed by atoms with E-state index in [0.29, 0.717) is 18.6 Å². The Bertz CT molecular complexity index is 194. The molecule has 0 rings (SSSR count). The van der Waals surface area contributed by atoms with Gasteiger partial charge in [0.2, 0.25) is 0 Å². The Balaban J connectivity index is 3.61. The number of hydrogen-bond donors (Lipinski definition) is 0. The summed E-state index contributed by atoms with van der Waals surface area (Å²) in [4.78, 5) is 21.5. The summed E-state index contributed by atoms with van der Waals surface area (Å²) in [5.74, 6) is -0.348. The average molecular weight is 170 g/mol. The topological polar surface area (TPSA) is 43.4 Å². The van der Waals surface area contributed by atoms with Gasteiger partial charge in [0.05, 0.1) is 6.61 Å². The van der Waals surface area contributed by atoms with Gasteiger partial charge in [-0.25, -0.2) is 0 Å². The second-order valence-corrected chi connectivity index (χ2v) is 2.46. The predicted molar refractivity (Wildman–Crippen MR) is 45.7 cm³/mol. The maximum absolute atomic E-state index is 10.8. The molecule has 0 radical (unpaired) electrons. The van der Waals surface area contributed by atoms with Crippen LogP contribution >= 0.6 is 0 Å². The molecule has 0 aliphatic rings. The van der Waals surface area contributed by atoms with Crippen molar-refractivity contribution in [2.24, 2.45) is 0 Å². The van der Waals surface area contributed by atoms with E-state index in [4.69, 9.17) is 0 Å². The van der Waals surface area contributed by atoms with Crippen LogP contribution in [-0.4, -0.2) is 18.4 Å². The monoisotopic (exact) mass is 170 g/mol. The van der Waals surface area contributed by atoms with Gasteiger partial charge in [0.25, 0.3) is 0 Å². The van der Waals surface area contributed by atoms with Gasteiger partial charge in [-0.1, -0.05) is 6.58 Å². The number of esters is 1. The van der Waals surface area contributed by atoms with Crippen molar-refractivity contribution in [1.29, 1.82) is 0 Å². The summed E-state index contributed by atoms with van der Waals surface area (Å²) in [6, 6.07) is 0. The Labute approximate surface area is 72.4 Å². The summed E-state index contributed by atoms with van der Waals surface area (Å²) in [5.41, 5.74) is 0.475. The van der Waals surface area contributed by atoms with Crippen LogP contribution in [-0.2, 0) is 14.3 Å². The largest absolute Gasteiger partial charge is 0.466 e. The quantitative estimate of drug-likeness (QED) is 0.463. The van der Waals surface area contributed by atoms with E-state index in [1.165, 1.54) is 6.92 Å². The van der Waals surface area contributed by atoms with Gasteiger partial charge in [0.15, 0.2) is 5.78 Å². The number of Topliss-reactive ketones (excluding diaryl/α,β-unsaturated/α-hetero) is 1. The summed E-state index contributed by atoms with van der Waals surface area (Å²) >= 11 is 0. The molecule has 0 saturated carbocycles. The first-order valence-electron chi connectivity index (χ1n) is 3.92. The smallest absolute Gasteiger partial charge is 0.306 e. The second kappa shape index (κ2) is 5.52. The van der Waals surface area contributed by atoms with Crippen LogP contribution < -0.4 is 0 Å². The SMILES string of the molecule is C=C(CCC(=O)OCC)C(C)=O. The lowest BCUT2D eigenvalue weighted by molar-refractivity contribution is -0.143. The zero-order chi connectivity index (χ0) is 9.56. The van der Waals surface area contributed by atoms with Crippen molar-refractivity contribution in [1.82, 2.24) is 0 Å². The molecule has 68 valence electrons. The maximum atomic E-state index is 10.8. The fourth-order valence-corrected chi connectivity index (χ4v) is 0.662. The summed E-state index contributed by atoms with van der Waals surface area (Å²) < 4.78 is 4.68. The summed E-state index contributed by atoms with van der Waals surface area (Å²) in [7, 11) is 0. The fourth-order valence-electron chi connectivity index (χ4n) is 0.662. The number of hydrogen-bond acceptors (Lipinski definition) is 3. The van der Waals surface area contributed by atoms with Crippen molar-refractivity contribution in [3.63, 3.8) is 0 Å². The molecule has 12 heavy (non-hydrogen) atoms. The van der Waals surface area contributed by atoms with E-state index in [0.717, 1.165) is 0 Å². The number of rotatable bonds is 5. The fraction of sp³-hybridized carbons (Fsp3) is 0.556. The third-order valence-electron chi connectivity index (χ3n) is 1.43. The predicted octanol–water partition coefficient (Wildman–Crippen LogP) is 1.47. The second-order valence-electron chi connectivity index (χ2n) is 2.46. The van der Waals surface area contributed by atoms with Crippen molar-refractivity contribution in [3.8, 4) is 0 Å². The summed E-state index contributed by atoms with van der Waals surface area (Å²) in [6.45, 7) is 7.10. The third-order valence-corrected chi connectivity index (χ3v) is 1.43. The molecule has 0 fully saturated rings. The molecule has 0 heterocycles. The molecule has 0 aliphatic carbocycles. The number of ether oxygens (including phenoxy) is 1. The standard InChI is InChI=1S/C9H14O3/c1-4-12-9(11)6-5-7(2)8(3)10/h2,4-6H2,1,3H3. The zero-order valence-corrected chi connectivity index (χ0v) is 7.55. The Morgan fingerprint density at radius 2 is 1.92 bits per heavy atom. The normalized spacial score (nSPS) is 9.17. The summed E-state index contributed by atoms with van der Waals surface area (Å²) in [6.07, 6.45) is 0.639. The van der Waals surface area contributed by atoms with E-state index >= 15 is 0 Å². The molecule has 0 aromatic carbocycles. The van der Waals surface area contributed by atoms with Crippen molar-refractivity contribution >= 4 is 11.8 Å². The van der Waals surface area contributed by atoms with Gasteiger partial charge in [-0.05, 0) is 25.8 Å².